The molecule has 0 aromatic rings. The van der Waals surface area contributed by atoms with Crippen molar-refractivity contribution in [2.45, 2.75) is 96.9 Å². The van der Waals surface area contributed by atoms with E-state index in [0.717, 1.165) is 57.8 Å². The Balaban J connectivity index is 1.62. The Morgan fingerprint density at radius 1 is 0.964 bits per heavy atom. The molecule has 162 valence electrons. The van der Waals surface area contributed by atoms with Gasteiger partial charge in [0.25, 0.3) is 0 Å². The van der Waals surface area contributed by atoms with Gasteiger partial charge in [-0.2, -0.15) is 0 Å². The van der Waals surface area contributed by atoms with Crippen molar-refractivity contribution in [3.8, 4) is 0 Å². The summed E-state index contributed by atoms with van der Waals surface area (Å²) < 4.78 is 0. The van der Waals surface area contributed by atoms with Crippen LogP contribution in [0, 0.1) is 46.3 Å². The molecule has 0 aliphatic heterocycles. The van der Waals surface area contributed by atoms with Crippen molar-refractivity contribution >= 4 is 0 Å². The van der Waals surface area contributed by atoms with E-state index in [0.29, 0.717) is 35.5 Å². The molecule has 0 aromatic heterocycles. The molecule has 0 saturated heterocycles. The van der Waals surface area contributed by atoms with Crippen LogP contribution in [-0.2, 0) is 0 Å². The zero-order valence-corrected chi connectivity index (χ0v) is 18.1. The maximum Gasteiger partial charge on any atom is 0.0602 e. The van der Waals surface area contributed by atoms with Gasteiger partial charge in [0, 0.05) is 6.61 Å². The van der Waals surface area contributed by atoms with Crippen molar-refractivity contribution in [2.24, 2.45) is 46.3 Å². The van der Waals surface area contributed by atoms with Crippen LogP contribution >= 0.6 is 0 Å². The molecule has 0 amide bonds. The predicted molar refractivity (Wildman–Crippen MR) is 109 cm³/mol. The van der Waals surface area contributed by atoms with Gasteiger partial charge in [-0.1, -0.05) is 20.8 Å². The van der Waals surface area contributed by atoms with Crippen LogP contribution in [-0.4, -0.2) is 45.3 Å². The number of aliphatic hydroxyl groups excluding tert-OH is 4. The number of aliphatic hydroxyl groups is 4. The Bertz CT molecular complexity index is 567. The molecular formula is C24H42O4. The van der Waals surface area contributed by atoms with E-state index in [1.54, 1.807) is 0 Å². The Labute approximate surface area is 170 Å². The molecule has 0 heterocycles. The first-order valence-corrected chi connectivity index (χ1v) is 11.9. The average Bonchev–Trinajstić information content (AvgIpc) is 3.01. The topological polar surface area (TPSA) is 80.9 Å². The van der Waals surface area contributed by atoms with Gasteiger partial charge in [-0.25, -0.2) is 0 Å². The minimum absolute atomic E-state index is 0.117. The third-order valence-electron chi connectivity index (χ3n) is 10.3. The predicted octanol–water partition coefficient (Wildman–Crippen LogP) is 3.36. The third-order valence-corrected chi connectivity index (χ3v) is 10.3. The van der Waals surface area contributed by atoms with Crippen molar-refractivity contribution in [1.82, 2.24) is 0 Å². The molecule has 0 radical (unpaired) electrons. The number of fused-ring (bicyclic) bond motifs is 5. The lowest BCUT2D eigenvalue weighted by Gasteiger charge is -2.63. The standard InChI is InChI=1S/C24H42O4/c1-14(5-4-10-25)17-6-7-18-22-19(13-21(28)24(17,18)3)23(2)9-8-16(26)11-15(23)12-20(22)27/h14-22,25-28H,4-13H2,1-3H3/t14?,15-,16+,17?,18-,19?,20?,21?,22-,23?,24?/m0/s1. The molecule has 0 bridgehead atoms. The van der Waals surface area contributed by atoms with E-state index in [4.69, 9.17) is 0 Å². The Morgan fingerprint density at radius 2 is 1.71 bits per heavy atom. The third kappa shape index (κ3) is 3.01. The highest BCUT2D eigenvalue weighted by Gasteiger charge is 2.65. The first-order valence-electron chi connectivity index (χ1n) is 11.9. The second kappa shape index (κ2) is 7.51. The molecule has 4 aliphatic carbocycles. The maximum atomic E-state index is 11.5. The molecule has 4 heteroatoms. The summed E-state index contributed by atoms with van der Waals surface area (Å²) in [5.74, 6) is 2.41. The van der Waals surface area contributed by atoms with Gasteiger partial charge < -0.3 is 20.4 Å². The summed E-state index contributed by atoms with van der Waals surface area (Å²) in [6.07, 6.45) is 7.62. The summed E-state index contributed by atoms with van der Waals surface area (Å²) in [5.41, 5.74) is 0.0282. The summed E-state index contributed by atoms with van der Waals surface area (Å²) >= 11 is 0. The summed E-state index contributed by atoms with van der Waals surface area (Å²) in [4.78, 5) is 0. The average molecular weight is 395 g/mol. The molecule has 4 N–H and O–H groups in total. The van der Waals surface area contributed by atoms with Crippen LogP contribution in [0.15, 0.2) is 0 Å². The number of hydrogen-bond acceptors (Lipinski definition) is 4. The minimum atomic E-state index is -0.308. The molecule has 7 unspecified atom stereocenters. The molecule has 0 aromatic carbocycles. The number of rotatable bonds is 4. The second-order valence-electron chi connectivity index (χ2n) is 11.4. The van der Waals surface area contributed by atoms with Gasteiger partial charge in [0.2, 0.25) is 0 Å². The van der Waals surface area contributed by atoms with E-state index in [2.05, 4.69) is 20.8 Å². The highest BCUT2D eigenvalue weighted by Crippen LogP contribution is 2.68. The van der Waals surface area contributed by atoms with E-state index < -0.39 is 0 Å². The fourth-order valence-corrected chi connectivity index (χ4v) is 8.75. The molecule has 28 heavy (non-hydrogen) atoms. The largest absolute Gasteiger partial charge is 0.396 e. The van der Waals surface area contributed by atoms with Crippen molar-refractivity contribution in [3.05, 3.63) is 0 Å². The van der Waals surface area contributed by atoms with Crippen LogP contribution in [0.25, 0.3) is 0 Å². The van der Waals surface area contributed by atoms with Crippen molar-refractivity contribution < 1.29 is 20.4 Å². The Kier molecular flexibility index (Phi) is 5.66. The van der Waals surface area contributed by atoms with Gasteiger partial charge in [-0.3, -0.25) is 0 Å². The van der Waals surface area contributed by atoms with E-state index in [1.165, 1.54) is 0 Å². The van der Waals surface area contributed by atoms with Crippen LogP contribution in [0.4, 0.5) is 0 Å². The highest BCUT2D eigenvalue weighted by molar-refractivity contribution is 5.14. The van der Waals surface area contributed by atoms with Gasteiger partial charge in [-0.05, 0) is 104 Å². The van der Waals surface area contributed by atoms with E-state index in [1.807, 2.05) is 0 Å². The van der Waals surface area contributed by atoms with Crippen LogP contribution in [0.2, 0.25) is 0 Å². The Hall–Kier alpha value is -0.160. The summed E-state index contributed by atoms with van der Waals surface area (Å²) in [5, 5.41) is 42.2. The molecular weight excluding hydrogens is 352 g/mol. The van der Waals surface area contributed by atoms with Crippen LogP contribution in [0.5, 0.6) is 0 Å². The lowest BCUT2D eigenvalue weighted by molar-refractivity contribution is -0.207. The Morgan fingerprint density at radius 3 is 2.43 bits per heavy atom. The lowest BCUT2D eigenvalue weighted by atomic mass is 9.43. The van der Waals surface area contributed by atoms with Gasteiger partial charge in [0.1, 0.15) is 0 Å². The lowest BCUT2D eigenvalue weighted by Crippen LogP contribution is -2.62. The fraction of sp³-hybridized carbons (Fsp3) is 1.00. The van der Waals surface area contributed by atoms with E-state index in [9.17, 15) is 20.4 Å². The van der Waals surface area contributed by atoms with E-state index >= 15 is 0 Å². The van der Waals surface area contributed by atoms with Crippen LogP contribution < -0.4 is 0 Å². The SMILES string of the molecule is CC(CCCO)C1CC[C@H]2[C@@H]3C(O)C[C@@H]4C[C@H](O)CCC4(C)C3CC(O)C12C. The maximum absolute atomic E-state index is 11.5. The molecule has 4 saturated carbocycles. The summed E-state index contributed by atoms with van der Waals surface area (Å²) in [7, 11) is 0. The molecule has 4 nitrogen and oxygen atoms in total. The van der Waals surface area contributed by atoms with Crippen molar-refractivity contribution in [1.29, 1.82) is 0 Å². The van der Waals surface area contributed by atoms with Crippen LogP contribution in [0.3, 0.4) is 0 Å². The zero-order chi connectivity index (χ0) is 20.3. The monoisotopic (exact) mass is 394 g/mol. The number of hydrogen-bond donors (Lipinski definition) is 4. The molecule has 0 spiro atoms. The fourth-order valence-electron chi connectivity index (χ4n) is 8.75. The molecule has 4 fully saturated rings. The van der Waals surface area contributed by atoms with Crippen LogP contribution in [0.1, 0.15) is 78.6 Å². The summed E-state index contributed by atoms with van der Waals surface area (Å²) in [6, 6.07) is 0. The highest BCUT2D eigenvalue weighted by atomic mass is 16.3. The quantitative estimate of drug-likeness (QED) is 0.589. The molecule has 4 aliphatic rings. The summed E-state index contributed by atoms with van der Waals surface area (Å²) in [6.45, 7) is 7.23. The first kappa shape index (κ1) is 21.1. The van der Waals surface area contributed by atoms with Gasteiger partial charge in [0.05, 0.1) is 18.3 Å². The zero-order valence-electron chi connectivity index (χ0n) is 18.1. The van der Waals surface area contributed by atoms with Gasteiger partial charge in [0.15, 0.2) is 0 Å². The van der Waals surface area contributed by atoms with Crippen molar-refractivity contribution in [3.63, 3.8) is 0 Å². The smallest absolute Gasteiger partial charge is 0.0602 e. The molecule has 4 rings (SSSR count). The van der Waals surface area contributed by atoms with Gasteiger partial charge in [-0.15, -0.1) is 0 Å². The molecule has 11 atom stereocenters. The van der Waals surface area contributed by atoms with Gasteiger partial charge >= 0.3 is 0 Å². The first-order chi connectivity index (χ1) is 13.2. The van der Waals surface area contributed by atoms with Crippen molar-refractivity contribution in [2.75, 3.05) is 6.61 Å². The van der Waals surface area contributed by atoms with E-state index in [-0.39, 0.29) is 35.7 Å². The second-order valence-corrected chi connectivity index (χ2v) is 11.4. The minimum Gasteiger partial charge on any atom is -0.396 e. The normalized spacial score (nSPS) is 54.5.